The first-order chi connectivity index (χ1) is 11.8. The first-order valence-corrected chi connectivity index (χ1v) is 8.61. The lowest BCUT2D eigenvalue weighted by Gasteiger charge is -2.25. The van der Waals surface area contributed by atoms with E-state index in [0.29, 0.717) is 0 Å². The molecule has 2 aromatic rings. The number of nitrogens with one attached hydrogen (secondary N) is 2. The summed E-state index contributed by atoms with van der Waals surface area (Å²) >= 11 is 0. The summed E-state index contributed by atoms with van der Waals surface area (Å²) in [5.74, 6) is 0.996. The number of benzene rings is 1. The molecule has 1 saturated heterocycles. The van der Waals surface area contributed by atoms with Crippen LogP contribution in [-0.2, 0) is 17.8 Å². The van der Waals surface area contributed by atoms with Crippen molar-refractivity contribution in [2.24, 2.45) is 0 Å². The number of rotatable bonds is 3. The van der Waals surface area contributed by atoms with E-state index in [0.717, 1.165) is 37.6 Å². The van der Waals surface area contributed by atoms with Gasteiger partial charge in [-0.2, -0.15) is 0 Å². The minimum absolute atomic E-state index is 0. The van der Waals surface area contributed by atoms with Gasteiger partial charge in [0.15, 0.2) is 0 Å². The molecule has 0 radical (unpaired) electrons. The van der Waals surface area contributed by atoms with Gasteiger partial charge in [-0.05, 0) is 42.5 Å². The van der Waals surface area contributed by atoms with Gasteiger partial charge < -0.3 is 15.5 Å². The molecule has 1 amide bonds. The average molecular weight is 395 g/mol. The van der Waals surface area contributed by atoms with Gasteiger partial charge in [0.2, 0.25) is 5.91 Å². The minimum atomic E-state index is -0.196. The topological polar surface area (TPSA) is 57.3 Å². The molecule has 0 spiro atoms. The molecule has 2 aliphatic rings. The van der Waals surface area contributed by atoms with Crippen LogP contribution in [0.5, 0.6) is 0 Å². The predicted molar refractivity (Wildman–Crippen MR) is 110 cm³/mol. The monoisotopic (exact) mass is 394 g/mol. The van der Waals surface area contributed by atoms with E-state index in [4.69, 9.17) is 0 Å². The molecule has 1 atom stereocenters. The number of amides is 1. The van der Waals surface area contributed by atoms with Crippen LogP contribution < -0.4 is 15.5 Å². The Morgan fingerprint density at radius 2 is 1.81 bits per heavy atom. The van der Waals surface area contributed by atoms with Crippen molar-refractivity contribution in [2.75, 3.05) is 23.3 Å². The number of fused-ring (bicyclic) bond motifs is 1. The van der Waals surface area contributed by atoms with E-state index in [1.807, 2.05) is 24.3 Å². The lowest BCUT2D eigenvalue weighted by Crippen LogP contribution is -2.44. The van der Waals surface area contributed by atoms with Crippen LogP contribution in [0.1, 0.15) is 24.0 Å². The van der Waals surface area contributed by atoms with Crippen LogP contribution in [0.3, 0.4) is 0 Å². The fourth-order valence-corrected chi connectivity index (χ4v) is 3.46. The van der Waals surface area contributed by atoms with Crippen molar-refractivity contribution in [3.63, 3.8) is 0 Å². The van der Waals surface area contributed by atoms with Crippen molar-refractivity contribution in [1.82, 2.24) is 10.3 Å². The zero-order valence-corrected chi connectivity index (χ0v) is 16.1. The zero-order chi connectivity index (χ0) is 16.4. The molecular formula is C19H24Cl2N4O. The van der Waals surface area contributed by atoms with Crippen molar-refractivity contribution < 1.29 is 4.79 Å². The third-order valence-electron chi connectivity index (χ3n) is 4.84. The Hall–Kier alpha value is -1.82. The first-order valence-electron chi connectivity index (χ1n) is 8.61. The summed E-state index contributed by atoms with van der Waals surface area (Å²) in [5.41, 5.74) is 3.28. The van der Waals surface area contributed by atoms with Crippen LogP contribution >= 0.6 is 24.8 Å². The smallest absolute Gasteiger partial charge is 0.241 e. The number of nitrogens with zero attached hydrogens (tertiary/aromatic N) is 2. The van der Waals surface area contributed by atoms with E-state index >= 15 is 0 Å². The number of aromatic nitrogens is 1. The number of anilines is 2. The molecule has 2 N–H and O–H groups in total. The summed E-state index contributed by atoms with van der Waals surface area (Å²) in [6.07, 6.45) is 4.94. The van der Waals surface area contributed by atoms with E-state index in [9.17, 15) is 4.79 Å². The van der Waals surface area contributed by atoms with Crippen LogP contribution in [-0.4, -0.2) is 30.0 Å². The second-order valence-electron chi connectivity index (χ2n) is 6.49. The molecule has 1 aromatic carbocycles. The molecule has 5 nitrogen and oxygen atoms in total. The normalized spacial score (nSPS) is 18.3. The van der Waals surface area contributed by atoms with Crippen LogP contribution in [0.25, 0.3) is 0 Å². The molecule has 7 heteroatoms. The standard InChI is InChI=1S/C19H22N4O.2ClH/c24-19(17-11-14-5-1-2-6-15(14)12-20-17)22-16-7-8-18(21-13-16)23-9-3-4-10-23;;/h1-2,5-8,13,17,20H,3-4,9-12H2,(H,22,24);2*1H. The molecule has 0 saturated carbocycles. The van der Waals surface area contributed by atoms with Crippen molar-refractivity contribution in [3.05, 3.63) is 53.7 Å². The Balaban J connectivity index is 0.00000121. The molecule has 4 rings (SSSR count). The predicted octanol–water partition coefficient (Wildman–Crippen LogP) is 3.18. The second-order valence-corrected chi connectivity index (χ2v) is 6.49. The maximum atomic E-state index is 12.5. The van der Waals surface area contributed by atoms with Gasteiger partial charge in [0.25, 0.3) is 0 Å². The van der Waals surface area contributed by atoms with Gasteiger partial charge in [-0.15, -0.1) is 24.8 Å². The summed E-state index contributed by atoms with van der Waals surface area (Å²) in [4.78, 5) is 19.3. The lowest BCUT2D eigenvalue weighted by atomic mass is 9.95. The molecule has 3 heterocycles. The number of hydrogen-bond donors (Lipinski definition) is 2. The van der Waals surface area contributed by atoms with Gasteiger partial charge in [-0.25, -0.2) is 4.98 Å². The van der Waals surface area contributed by atoms with E-state index in [2.05, 4.69) is 32.7 Å². The molecule has 1 unspecified atom stereocenters. The molecule has 1 fully saturated rings. The average Bonchev–Trinajstić information content (AvgIpc) is 3.16. The highest BCUT2D eigenvalue weighted by atomic mass is 35.5. The molecule has 0 bridgehead atoms. The number of halogens is 2. The van der Waals surface area contributed by atoms with E-state index in [-0.39, 0.29) is 36.8 Å². The highest BCUT2D eigenvalue weighted by Gasteiger charge is 2.24. The van der Waals surface area contributed by atoms with Crippen molar-refractivity contribution in [1.29, 1.82) is 0 Å². The van der Waals surface area contributed by atoms with Gasteiger partial charge >= 0.3 is 0 Å². The number of carbonyl (C=O) groups excluding carboxylic acids is 1. The van der Waals surface area contributed by atoms with Crippen molar-refractivity contribution in [2.45, 2.75) is 31.8 Å². The number of hydrogen-bond acceptors (Lipinski definition) is 4. The largest absolute Gasteiger partial charge is 0.357 e. The maximum absolute atomic E-state index is 12.5. The summed E-state index contributed by atoms with van der Waals surface area (Å²) in [6, 6.07) is 12.0. The van der Waals surface area contributed by atoms with Gasteiger partial charge in [-0.3, -0.25) is 4.79 Å². The van der Waals surface area contributed by atoms with Gasteiger partial charge in [0.1, 0.15) is 5.82 Å². The van der Waals surface area contributed by atoms with E-state index in [1.54, 1.807) is 6.20 Å². The maximum Gasteiger partial charge on any atom is 0.241 e. The third-order valence-corrected chi connectivity index (χ3v) is 4.84. The van der Waals surface area contributed by atoms with E-state index < -0.39 is 0 Å². The highest BCUT2D eigenvalue weighted by Crippen LogP contribution is 2.20. The number of carbonyl (C=O) groups is 1. The SMILES string of the molecule is Cl.Cl.O=C(Nc1ccc(N2CCCC2)nc1)C1Cc2ccccc2CN1. The zero-order valence-electron chi connectivity index (χ0n) is 14.5. The van der Waals surface area contributed by atoms with Gasteiger partial charge in [0, 0.05) is 19.6 Å². The second kappa shape index (κ2) is 9.21. The summed E-state index contributed by atoms with van der Waals surface area (Å²) < 4.78 is 0. The molecule has 2 aliphatic heterocycles. The lowest BCUT2D eigenvalue weighted by molar-refractivity contribution is -0.118. The quantitative estimate of drug-likeness (QED) is 0.838. The Morgan fingerprint density at radius 1 is 1.08 bits per heavy atom. The number of pyridine rings is 1. The highest BCUT2D eigenvalue weighted by molar-refractivity contribution is 5.95. The van der Waals surface area contributed by atoms with Crippen LogP contribution in [0.2, 0.25) is 0 Å². The first kappa shape index (κ1) is 20.5. The van der Waals surface area contributed by atoms with Crippen LogP contribution in [0.4, 0.5) is 11.5 Å². The Bertz CT molecular complexity index is 733. The molecule has 1 aromatic heterocycles. The minimum Gasteiger partial charge on any atom is -0.357 e. The van der Waals surface area contributed by atoms with Gasteiger partial charge in [0.05, 0.1) is 17.9 Å². The van der Waals surface area contributed by atoms with Crippen molar-refractivity contribution in [3.8, 4) is 0 Å². The molecule has 26 heavy (non-hydrogen) atoms. The third kappa shape index (κ3) is 4.47. The molecule has 140 valence electrons. The molecular weight excluding hydrogens is 371 g/mol. The fourth-order valence-electron chi connectivity index (χ4n) is 3.46. The summed E-state index contributed by atoms with van der Waals surface area (Å²) in [5, 5.41) is 6.29. The Morgan fingerprint density at radius 3 is 2.50 bits per heavy atom. The Kier molecular flexibility index (Phi) is 7.26. The van der Waals surface area contributed by atoms with Crippen molar-refractivity contribution >= 4 is 42.2 Å². The van der Waals surface area contributed by atoms with E-state index in [1.165, 1.54) is 24.0 Å². The van der Waals surface area contributed by atoms with Crippen LogP contribution in [0, 0.1) is 0 Å². The molecule has 0 aliphatic carbocycles. The summed E-state index contributed by atoms with van der Waals surface area (Å²) in [6.45, 7) is 2.88. The fraction of sp³-hybridized carbons (Fsp3) is 0.368. The van der Waals surface area contributed by atoms with Gasteiger partial charge in [-0.1, -0.05) is 24.3 Å². The van der Waals surface area contributed by atoms with Crippen LogP contribution in [0.15, 0.2) is 42.6 Å². The summed E-state index contributed by atoms with van der Waals surface area (Å²) in [7, 11) is 0. The Labute approximate surface area is 166 Å².